The Morgan fingerprint density at radius 2 is 1.62 bits per heavy atom. The molecule has 1 aliphatic heterocycles. The van der Waals surface area contributed by atoms with Crippen molar-refractivity contribution < 1.29 is 18.0 Å². The standard InChI is InChI=1S/C19H13F3N2OS/c20-19(21,22)12-7-5-11(6-8-12)15-9-10-16(26-15)17-23-14-4-2-1-3-13(14)18(25)24-17/h1-10,17,23H,(H,24,25). The maximum Gasteiger partial charge on any atom is 0.416 e. The monoisotopic (exact) mass is 374 g/mol. The van der Waals surface area contributed by atoms with Crippen LogP contribution in [0.3, 0.4) is 0 Å². The number of amides is 1. The smallest absolute Gasteiger partial charge is 0.360 e. The van der Waals surface area contributed by atoms with E-state index in [1.165, 1.54) is 23.5 Å². The summed E-state index contributed by atoms with van der Waals surface area (Å²) in [5.74, 6) is -0.158. The van der Waals surface area contributed by atoms with Crippen LogP contribution in [0.2, 0.25) is 0 Å². The van der Waals surface area contributed by atoms with Crippen LogP contribution in [0, 0.1) is 0 Å². The SMILES string of the molecule is O=C1NC(c2ccc(-c3ccc(C(F)(F)F)cc3)s2)Nc2ccccc21. The van der Waals surface area contributed by atoms with E-state index in [2.05, 4.69) is 10.6 Å². The van der Waals surface area contributed by atoms with Crippen LogP contribution in [-0.2, 0) is 6.18 Å². The molecule has 1 unspecified atom stereocenters. The second-order valence-electron chi connectivity index (χ2n) is 5.87. The molecule has 0 aliphatic carbocycles. The highest BCUT2D eigenvalue weighted by atomic mass is 32.1. The van der Waals surface area contributed by atoms with E-state index in [1.807, 2.05) is 24.3 Å². The summed E-state index contributed by atoms with van der Waals surface area (Å²) < 4.78 is 38.0. The van der Waals surface area contributed by atoms with Gasteiger partial charge in [-0.1, -0.05) is 24.3 Å². The molecule has 0 bridgehead atoms. The maximum atomic E-state index is 12.7. The zero-order valence-corrected chi connectivity index (χ0v) is 14.1. The molecule has 2 N–H and O–H groups in total. The highest BCUT2D eigenvalue weighted by Crippen LogP contribution is 2.36. The lowest BCUT2D eigenvalue weighted by Gasteiger charge is -2.26. The molecule has 0 saturated carbocycles. The Morgan fingerprint density at radius 3 is 2.35 bits per heavy atom. The average Bonchev–Trinajstić information content (AvgIpc) is 3.11. The summed E-state index contributed by atoms with van der Waals surface area (Å²) in [5, 5.41) is 6.16. The van der Waals surface area contributed by atoms with Crippen LogP contribution < -0.4 is 10.6 Å². The number of hydrogen-bond donors (Lipinski definition) is 2. The number of hydrogen-bond acceptors (Lipinski definition) is 3. The van der Waals surface area contributed by atoms with E-state index in [-0.39, 0.29) is 12.1 Å². The number of halogens is 3. The van der Waals surface area contributed by atoms with Crippen molar-refractivity contribution >= 4 is 22.9 Å². The van der Waals surface area contributed by atoms with Crippen molar-refractivity contribution in [2.24, 2.45) is 0 Å². The minimum atomic E-state index is -4.34. The van der Waals surface area contributed by atoms with Crippen molar-refractivity contribution in [3.8, 4) is 10.4 Å². The van der Waals surface area contributed by atoms with Gasteiger partial charge in [-0.2, -0.15) is 13.2 Å². The van der Waals surface area contributed by atoms with Gasteiger partial charge in [-0.05, 0) is 42.0 Å². The van der Waals surface area contributed by atoms with Gasteiger partial charge in [-0.25, -0.2) is 0 Å². The van der Waals surface area contributed by atoms with Crippen molar-refractivity contribution in [3.63, 3.8) is 0 Å². The summed E-state index contributed by atoms with van der Waals surface area (Å²) in [7, 11) is 0. The Labute approximate surface area is 151 Å². The molecule has 7 heteroatoms. The largest absolute Gasteiger partial charge is 0.416 e. The molecule has 132 valence electrons. The third kappa shape index (κ3) is 3.06. The maximum absolute atomic E-state index is 12.7. The van der Waals surface area contributed by atoms with Gasteiger partial charge in [-0.3, -0.25) is 4.79 Å². The number of alkyl halides is 3. The lowest BCUT2D eigenvalue weighted by molar-refractivity contribution is -0.137. The molecule has 26 heavy (non-hydrogen) atoms. The second kappa shape index (κ2) is 6.17. The molecule has 0 spiro atoms. The fourth-order valence-electron chi connectivity index (χ4n) is 2.84. The van der Waals surface area contributed by atoms with Crippen LogP contribution >= 0.6 is 11.3 Å². The molecule has 3 nitrogen and oxygen atoms in total. The Balaban J connectivity index is 1.58. The third-order valence-electron chi connectivity index (χ3n) is 4.16. The number of thiophene rings is 1. The van der Waals surface area contributed by atoms with E-state index in [1.54, 1.807) is 12.1 Å². The second-order valence-corrected chi connectivity index (χ2v) is 6.99. The van der Waals surface area contributed by atoms with Gasteiger partial charge in [0.05, 0.1) is 11.1 Å². The molecule has 0 radical (unpaired) electrons. The molecular formula is C19H13F3N2OS. The van der Waals surface area contributed by atoms with Gasteiger partial charge < -0.3 is 10.6 Å². The van der Waals surface area contributed by atoms with Crippen LogP contribution in [0.25, 0.3) is 10.4 Å². The van der Waals surface area contributed by atoms with Crippen LogP contribution in [0.5, 0.6) is 0 Å². The van der Waals surface area contributed by atoms with Crippen LogP contribution in [-0.4, -0.2) is 5.91 Å². The van der Waals surface area contributed by atoms with E-state index in [9.17, 15) is 18.0 Å². The van der Waals surface area contributed by atoms with Crippen molar-refractivity contribution in [1.82, 2.24) is 5.32 Å². The molecule has 2 heterocycles. The molecule has 4 rings (SSSR count). The Morgan fingerprint density at radius 1 is 0.885 bits per heavy atom. The Bertz CT molecular complexity index is 963. The molecule has 0 fully saturated rings. The predicted octanol–water partition coefficient (Wildman–Crippen LogP) is 5.29. The number of rotatable bonds is 2. The van der Waals surface area contributed by atoms with Crippen LogP contribution in [0.15, 0.2) is 60.7 Å². The Hall–Kier alpha value is -2.80. The number of carbonyl (C=O) groups is 1. The zero-order chi connectivity index (χ0) is 18.3. The van der Waals surface area contributed by atoms with Crippen LogP contribution in [0.4, 0.5) is 18.9 Å². The molecule has 2 aromatic carbocycles. The van der Waals surface area contributed by atoms with Gasteiger partial charge in [-0.15, -0.1) is 11.3 Å². The first-order valence-electron chi connectivity index (χ1n) is 7.85. The van der Waals surface area contributed by atoms with Crippen molar-refractivity contribution in [2.75, 3.05) is 5.32 Å². The zero-order valence-electron chi connectivity index (χ0n) is 13.3. The highest BCUT2D eigenvalue weighted by molar-refractivity contribution is 7.15. The number of fused-ring (bicyclic) bond motifs is 1. The van der Waals surface area contributed by atoms with E-state index in [4.69, 9.17) is 0 Å². The Kier molecular flexibility index (Phi) is 3.96. The molecule has 1 aliphatic rings. The summed E-state index contributed by atoms with van der Waals surface area (Å²) in [6, 6.07) is 16.0. The fourth-order valence-corrected chi connectivity index (χ4v) is 3.85. The van der Waals surface area contributed by atoms with Crippen LogP contribution in [0.1, 0.15) is 27.0 Å². The quantitative estimate of drug-likeness (QED) is 0.640. The normalized spacial score (nSPS) is 16.6. The summed E-state index contributed by atoms with van der Waals surface area (Å²) >= 11 is 1.42. The van der Waals surface area contributed by atoms with Gasteiger partial charge in [0.25, 0.3) is 5.91 Å². The average molecular weight is 374 g/mol. The van der Waals surface area contributed by atoms with Gasteiger partial charge in [0.15, 0.2) is 0 Å². The third-order valence-corrected chi connectivity index (χ3v) is 5.35. The summed E-state index contributed by atoms with van der Waals surface area (Å²) in [6.45, 7) is 0. The molecule has 1 aromatic heterocycles. The highest BCUT2D eigenvalue weighted by Gasteiger charge is 2.30. The number of carbonyl (C=O) groups excluding carboxylic acids is 1. The topological polar surface area (TPSA) is 41.1 Å². The molecule has 1 atom stereocenters. The van der Waals surface area contributed by atoms with Crippen molar-refractivity contribution in [3.05, 3.63) is 76.7 Å². The molecular weight excluding hydrogens is 361 g/mol. The van der Waals surface area contributed by atoms with E-state index in [0.29, 0.717) is 11.1 Å². The lowest BCUT2D eigenvalue weighted by Crippen LogP contribution is -2.37. The molecule has 1 amide bonds. The van der Waals surface area contributed by atoms with Crippen molar-refractivity contribution in [2.45, 2.75) is 12.3 Å². The summed E-state index contributed by atoms with van der Waals surface area (Å²) in [6.07, 6.45) is -4.71. The van der Waals surface area contributed by atoms with Gasteiger partial charge in [0.1, 0.15) is 6.17 Å². The molecule has 0 saturated heterocycles. The molecule has 3 aromatic rings. The lowest BCUT2D eigenvalue weighted by atomic mass is 10.1. The minimum absolute atomic E-state index is 0.158. The van der Waals surface area contributed by atoms with Crippen molar-refractivity contribution in [1.29, 1.82) is 0 Å². The number of nitrogens with one attached hydrogen (secondary N) is 2. The summed E-state index contributed by atoms with van der Waals surface area (Å²) in [5.41, 5.74) is 1.38. The summed E-state index contributed by atoms with van der Waals surface area (Å²) in [4.78, 5) is 13.9. The first kappa shape index (κ1) is 16.7. The predicted molar refractivity (Wildman–Crippen MR) is 95.0 cm³/mol. The number of benzene rings is 2. The first-order chi connectivity index (χ1) is 12.4. The van der Waals surface area contributed by atoms with E-state index in [0.717, 1.165) is 27.6 Å². The van der Waals surface area contributed by atoms with E-state index < -0.39 is 11.7 Å². The number of anilines is 1. The fraction of sp³-hybridized carbons (Fsp3) is 0.105. The first-order valence-corrected chi connectivity index (χ1v) is 8.67. The minimum Gasteiger partial charge on any atom is -0.360 e. The van der Waals surface area contributed by atoms with Gasteiger partial charge in [0, 0.05) is 15.4 Å². The van der Waals surface area contributed by atoms with E-state index >= 15 is 0 Å². The van der Waals surface area contributed by atoms with Gasteiger partial charge in [0.2, 0.25) is 0 Å². The number of para-hydroxylation sites is 1. The van der Waals surface area contributed by atoms with Gasteiger partial charge >= 0.3 is 6.18 Å².